The second kappa shape index (κ2) is 8.04. The van der Waals surface area contributed by atoms with Crippen LogP contribution in [0.3, 0.4) is 0 Å². The van der Waals surface area contributed by atoms with Gasteiger partial charge < -0.3 is 0 Å². The number of aryl methyl sites for hydroxylation is 2. The Bertz CT molecular complexity index is 2120. The van der Waals surface area contributed by atoms with Crippen LogP contribution in [-0.2, 0) is 7.05 Å². The molecule has 4 heterocycles. The van der Waals surface area contributed by atoms with Crippen LogP contribution in [0.4, 0.5) is 0 Å². The van der Waals surface area contributed by atoms with Crippen LogP contribution in [0.2, 0.25) is 0 Å². The maximum atomic E-state index is 2.42. The summed E-state index contributed by atoms with van der Waals surface area (Å²) in [5, 5.41) is 6.77. The molecular weight excluding hydrogens is 584 g/mol. The van der Waals surface area contributed by atoms with E-state index in [2.05, 4.69) is 126 Å². The Morgan fingerprint density at radius 2 is 1.38 bits per heavy atom. The van der Waals surface area contributed by atoms with E-state index in [-0.39, 0.29) is 0 Å². The monoisotopic (exact) mass is 609 g/mol. The summed E-state index contributed by atoms with van der Waals surface area (Å²) in [6.45, 7) is 2.32. The molecule has 4 heteroatoms. The van der Waals surface area contributed by atoms with Crippen molar-refractivity contribution in [2.24, 2.45) is 7.05 Å². The molecule has 0 unspecified atom stereocenters. The topological polar surface area (TPSA) is 8.81 Å². The second-order valence-electron chi connectivity index (χ2n) is 9.72. The predicted molar refractivity (Wildman–Crippen MR) is 159 cm³/mol. The average molecular weight is 607 g/mol. The number of rotatable bonds is 2. The van der Waals surface area contributed by atoms with Crippen LogP contribution in [0.5, 0.6) is 0 Å². The van der Waals surface area contributed by atoms with E-state index >= 15 is 0 Å². The standard InChI is InChI=1S/C33H23N2STe/c1-20-22-9-5-8-14-30(22)37-33(20)31-32-26(17-18-34(31)2)25-16-15-21(19-29(25)36-32)35-27-12-6-3-10-23(27)24-11-4-7-13-28(24)35/h3-19H,1-2H3/q+1. The normalized spacial score (nSPS) is 12.1. The third kappa shape index (κ3) is 3.07. The SMILES string of the molecule is Cc1c(-c2c3sc4cc(-n5c6ccccc6c6ccccc65)ccc4c3cc[n+]2C)[te]c2ccccc12. The molecule has 2 nitrogen and oxygen atoms in total. The van der Waals surface area contributed by atoms with Crippen LogP contribution >= 0.6 is 11.3 Å². The van der Waals surface area contributed by atoms with Crippen molar-refractivity contribution in [1.29, 1.82) is 0 Å². The summed E-state index contributed by atoms with van der Waals surface area (Å²) in [6, 6.07) is 35.8. The molecule has 4 aromatic heterocycles. The van der Waals surface area contributed by atoms with Gasteiger partial charge in [-0.15, -0.1) is 0 Å². The van der Waals surface area contributed by atoms with Crippen LogP contribution in [0.15, 0.2) is 103 Å². The summed E-state index contributed by atoms with van der Waals surface area (Å²) in [4.78, 5) is 0. The summed E-state index contributed by atoms with van der Waals surface area (Å²) in [6.07, 6.45) is 2.25. The van der Waals surface area contributed by atoms with Gasteiger partial charge in [-0.25, -0.2) is 0 Å². The van der Waals surface area contributed by atoms with Gasteiger partial charge in [-0.3, -0.25) is 0 Å². The van der Waals surface area contributed by atoms with Crippen molar-refractivity contribution in [2.45, 2.75) is 6.92 Å². The minimum absolute atomic E-state index is 0.417. The predicted octanol–water partition coefficient (Wildman–Crippen LogP) is 8.16. The molecule has 8 rings (SSSR count). The summed E-state index contributed by atoms with van der Waals surface area (Å²) in [5.74, 6) is 0. The van der Waals surface area contributed by atoms with E-state index in [9.17, 15) is 0 Å². The number of benzene rings is 4. The molecule has 8 aromatic rings. The van der Waals surface area contributed by atoms with E-state index < -0.39 is 20.4 Å². The summed E-state index contributed by atoms with van der Waals surface area (Å²) >= 11 is 1.53. The first-order chi connectivity index (χ1) is 18.2. The number of pyridine rings is 1. The molecule has 0 saturated carbocycles. The zero-order valence-corrected chi connectivity index (χ0v) is 23.7. The van der Waals surface area contributed by atoms with Gasteiger partial charge in [-0.1, -0.05) is 0 Å². The summed E-state index contributed by atoms with van der Waals surface area (Å²) in [7, 11) is 2.21. The van der Waals surface area contributed by atoms with Gasteiger partial charge in [-0.2, -0.15) is 0 Å². The Labute approximate surface area is 228 Å². The van der Waals surface area contributed by atoms with Gasteiger partial charge >= 0.3 is 229 Å². The molecule has 176 valence electrons. The van der Waals surface area contributed by atoms with E-state index in [4.69, 9.17) is 0 Å². The molecule has 0 spiro atoms. The minimum atomic E-state index is -0.417. The fourth-order valence-corrected chi connectivity index (χ4v) is 11.1. The van der Waals surface area contributed by atoms with Crippen LogP contribution in [0, 0.1) is 6.92 Å². The number of aromatic nitrogens is 2. The molecule has 0 aliphatic heterocycles. The van der Waals surface area contributed by atoms with Gasteiger partial charge in [0.05, 0.1) is 0 Å². The fourth-order valence-electron chi connectivity index (χ4n) is 5.87. The Balaban J connectivity index is 1.41. The average Bonchev–Trinajstić information content (AvgIpc) is 3.58. The first-order valence-corrected chi connectivity index (χ1v) is 15.7. The Morgan fingerprint density at radius 3 is 2.11 bits per heavy atom. The Morgan fingerprint density at radius 1 is 0.703 bits per heavy atom. The Kier molecular flexibility index (Phi) is 4.70. The molecule has 0 radical (unpaired) electrons. The first-order valence-electron chi connectivity index (χ1n) is 12.5. The molecule has 0 fully saturated rings. The van der Waals surface area contributed by atoms with Crippen LogP contribution < -0.4 is 4.57 Å². The van der Waals surface area contributed by atoms with Gasteiger partial charge in [0.1, 0.15) is 0 Å². The molecule has 37 heavy (non-hydrogen) atoms. The first kappa shape index (κ1) is 21.6. The van der Waals surface area contributed by atoms with Gasteiger partial charge in [0.2, 0.25) is 0 Å². The molecule has 0 atom stereocenters. The number of thiophene rings is 1. The zero-order valence-electron chi connectivity index (χ0n) is 20.5. The Hall–Kier alpha value is -3.42. The van der Waals surface area contributed by atoms with Gasteiger partial charge in [0.15, 0.2) is 0 Å². The van der Waals surface area contributed by atoms with E-state index in [1.807, 2.05) is 11.3 Å². The number of nitrogens with zero attached hydrogens (tertiary/aromatic N) is 2. The van der Waals surface area contributed by atoms with E-state index in [0.717, 1.165) is 0 Å². The summed E-state index contributed by atoms with van der Waals surface area (Å²) < 4.78 is 10.7. The van der Waals surface area contributed by atoms with Crippen LogP contribution in [-0.4, -0.2) is 25.0 Å². The van der Waals surface area contributed by atoms with Gasteiger partial charge in [0, 0.05) is 0 Å². The molecule has 0 aliphatic carbocycles. The van der Waals surface area contributed by atoms with Crippen molar-refractivity contribution in [2.75, 3.05) is 0 Å². The number of para-hydroxylation sites is 2. The van der Waals surface area contributed by atoms with Crippen molar-refractivity contribution < 1.29 is 4.57 Å². The van der Waals surface area contributed by atoms with Crippen molar-refractivity contribution in [3.05, 3.63) is 109 Å². The number of hydrogen-bond acceptors (Lipinski definition) is 1. The molecular formula is C33H23N2STe+. The zero-order chi connectivity index (χ0) is 24.7. The van der Waals surface area contributed by atoms with E-state index in [1.165, 1.54) is 64.3 Å². The third-order valence-corrected chi connectivity index (χ3v) is 12.5. The molecule has 0 N–H and O–H groups in total. The number of fused-ring (bicyclic) bond motifs is 7. The van der Waals surface area contributed by atoms with Crippen molar-refractivity contribution in [1.82, 2.24) is 4.57 Å². The van der Waals surface area contributed by atoms with Gasteiger partial charge in [0.25, 0.3) is 0 Å². The molecule has 0 aliphatic rings. The molecule has 0 amide bonds. The van der Waals surface area contributed by atoms with E-state index in [0.29, 0.717) is 0 Å². The molecule has 0 saturated heterocycles. The third-order valence-electron chi connectivity index (χ3n) is 7.64. The van der Waals surface area contributed by atoms with Crippen LogP contribution in [0.1, 0.15) is 5.56 Å². The summed E-state index contributed by atoms with van der Waals surface area (Å²) in [5.41, 5.74) is 6.61. The van der Waals surface area contributed by atoms with E-state index in [1.54, 1.807) is 6.98 Å². The fraction of sp³-hybridized carbons (Fsp3) is 0.0606. The number of hydrogen-bond donors (Lipinski definition) is 0. The second-order valence-corrected chi connectivity index (χ2v) is 13.8. The van der Waals surface area contributed by atoms with Crippen molar-refractivity contribution in [3.8, 4) is 15.0 Å². The van der Waals surface area contributed by atoms with Crippen LogP contribution in [0.25, 0.3) is 65.7 Å². The molecule has 0 bridgehead atoms. The van der Waals surface area contributed by atoms with Gasteiger partial charge in [-0.05, 0) is 0 Å². The maximum absolute atomic E-state index is 2.42. The molecule has 4 aromatic carbocycles. The van der Waals surface area contributed by atoms with Crippen molar-refractivity contribution in [3.63, 3.8) is 0 Å². The van der Waals surface area contributed by atoms with Crippen molar-refractivity contribution >= 4 is 82.5 Å². The quantitative estimate of drug-likeness (QED) is 0.139.